The van der Waals surface area contributed by atoms with Crippen LogP contribution < -0.4 is 4.90 Å². The zero-order chi connectivity index (χ0) is 27.4. The Labute approximate surface area is 230 Å². The first kappa shape index (κ1) is 23.7. The van der Waals surface area contributed by atoms with Crippen molar-refractivity contribution in [2.24, 2.45) is 0 Å². The zero-order valence-corrected chi connectivity index (χ0v) is 21.2. The van der Waals surface area contributed by atoms with Gasteiger partial charge >= 0.3 is 0 Å². The molecule has 5 aromatic carbocycles. The summed E-state index contributed by atoms with van der Waals surface area (Å²) in [7, 11) is 0. The lowest BCUT2D eigenvalue weighted by molar-refractivity contribution is 0.0833. The minimum Gasteiger partial charge on any atom is -0.316 e. The van der Waals surface area contributed by atoms with Gasteiger partial charge in [-0.05, 0) is 46.7 Å². The Morgan fingerprint density at radius 3 is 1.98 bits per heavy atom. The van der Waals surface area contributed by atoms with E-state index >= 15 is 0 Å². The molecule has 40 heavy (non-hydrogen) atoms. The minimum absolute atomic E-state index is 0.141. The van der Waals surface area contributed by atoms with Gasteiger partial charge in [-0.2, -0.15) is 0 Å². The van der Waals surface area contributed by atoms with Crippen molar-refractivity contribution in [3.63, 3.8) is 0 Å². The number of hydrogen-bond acceptors (Lipinski definition) is 4. The van der Waals surface area contributed by atoms with Crippen LogP contribution in [0.3, 0.4) is 0 Å². The largest absolute Gasteiger partial charge is 0.316 e. The fourth-order valence-corrected chi connectivity index (χ4v) is 5.59. The Kier molecular flexibility index (Phi) is 5.42. The van der Waals surface area contributed by atoms with Gasteiger partial charge in [-0.1, -0.05) is 91.0 Å². The standard InChI is InChI=1S/C34H22N2O4/c37-31(23-12-5-2-6-13-23)30-29(22-10-3-1-4-11-22)36(30)32(38)25-16-18-27-28(20-25)34(40)35(33(27)39)26-17-15-21-9-7-8-14-24(21)19-26/h1-20,29-30H/t29-,30+,36?/m0/s1. The lowest BCUT2D eigenvalue weighted by atomic mass is 10.0. The molecule has 0 aromatic heterocycles. The molecule has 192 valence electrons. The smallest absolute Gasteiger partial charge is 0.266 e. The van der Waals surface area contributed by atoms with E-state index in [9.17, 15) is 19.2 Å². The SMILES string of the molecule is O=C(c1ccccc1)[C@H]1[C@H](c2ccccc2)N1C(=O)c1ccc2c(c1)C(=O)N(c1ccc3ccccc3c1)C2=O. The molecule has 0 spiro atoms. The summed E-state index contributed by atoms with van der Waals surface area (Å²) in [6, 6.07) is 35.0. The highest BCUT2D eigenvalue weighted by Gasteiger charge is 2.56. The topological polar surface area (TPSA) is 74.5 Å². The summed E-state index contributed by atoms with van der Waals surface area (Å²) < 4.78 is 0. The molecule has 0 saturated carbocycles. The molecule has 1 saturated heterocycles. The van der Waals surface area contributed by atoms with Crippen LogP contribution in [0.1, 0.15) is 53.0 Å². The summed E-state index contributed by atoms with van der Waals surface area (Å²) in [5.74, 6) is -1.42. The molecule has 5 aromatic rings. The van der Waals surface area contributed by atoms with Crippen LogP contribution in [-0.2, 0) is 0 Å². The maximum Gasteiger partial charge on any atom is 0.266 e. The van der Waals surface area contributed by atoms with Gasteiger partial charge in [0.05, 0.1) is 22.9 Å². The second-order valence-electron chi connectivity index (χ2n) is 9.98. The van der Waals surface area contributed by atoms with E-state index in [0.29, 0.717) is 11.3 Å². The number of benzene rings is 5. The van der Waals surface area contributed by atoms with E-state index in [2.05, 4.69) is 0 Å². The molecule has 0 aliphatic carbocycles. The fourth-order valence-electron chi connectivity index (χ4n) is 5.59. The molecule has 2 atom stereocenters. The van der Waals surface area contributed by atoms with Gasteiger partial charge in [0, 0.05) is 11.1 Å². The van der Waals surface area contributed by atoms with Crippen LogP contribution in [0.4, 0.5) is 5.69 Å². The Balaban J connectivity index is 1.21. The van der Waals surface area contributed by atoms with Crippen molar-refractivity contribution in [1.29, 1.82) is 0 Å². The maximum atomic E-state index is 13.8. The number of Topliss-reactive ketones (excluding diaryl/α,β-unsaturated/α-hetero) is 1. The Morgan fingerprint density at radius 1 is 0.575 bits per heavy atom. The third kappa shape index (κ3) is 3.73. The molecule has 0 bridgehead atoms. The summed E-state index contributed by atoms with van der Waals surface area (Å²) in [6.45, 7) is 0. The molecule has 2 heterocycles. The summed E-state index contributed by atoms with van der Waals surface area (Å²) in [4.78, 5) is 56.6. The van der Waals surface area contributed by atoms with Crippen molar-refractivity contribution >= 4 is 40.0 Å². The van der Waals surface area contributed by atoms with Gasteiger partial charge in [0.15, 0.2) is 5.78 Å². The Morgan fingerprint density at radius 2 is 1.23 bits per heavy atom. The van der Waals surface area contributed by atoms with Gasteiger partial charge in [-0.25, -0.2) is 4.90 Å². The van der Waals surface area contributed by atoms with Gasteiger partial charge in [0.2, 0.25) is 0 Å². The predicted molar refractivity (Wildman–Crippen MR) is 151 cm³/mol. The number of ketones is 1. The molecule has 0 unspecified atom stereocenters. The van der Waals surface area contributed by atoms with Gasteiger partial charge in [-0.3, -0.25) is 19.2 Å². The zero-order valence-electron chi connectivity index (χ0n) is 21.2. The normalized spacial score (nSPS) is 17.7. The van der Waals surface area contributed by atoms with Crippen molar-refractivity contribution in [2.45, 2.75) is 12.1 Å². The number of nitrogens with zero attached hydrogens (tertiary/aromatic N) is 2. The highest BCUT2D eigenvalue weighted by molar-refractivity contribution is 6.35. The van der Waals surface area contributed by atoms with Crippen LogP contribution in [0.5, 0.6) is 0 Å². The molecule has 1 fully saturated rings. The molecule has 6 heteroatoms. The molecule has 2 aliphatic heterocycles. The van der Waals surface area contributed by atoms with E-state index in [4.69, 9.17) is 0 Å². The lowest BCUT2D eigenvalue weighted by Crippen LogP contribution is -2.29. The first-order valence-corrected chi connectivity index (χ1v) is 13.0. The van der Waals surface area contributed by atoms with Crippen LogP contribution in [0.15, 0.2) is 121 Å². The monoisotopic (exact) mass is 522 g/mol. The fraction of sp³-hybridized carbons (Fsp3) is 0.0588. The van der Waals surface area contributed by atoms with Gasteiger partial charge < -0.3 is 4.90 Å². The van der Waals surface area contributed by atoms with Gasteiger partial charge in [-0.15, -0.1) is 0 Å². The lowest BCUT2D eigenvalue weighted by Gasteiger charge is -2.14. The molecule has 3 amide bonds. The van der Waals surface area contributed by atoms with E-state index in [0.717, 1.165) is 21.2 Å². The quantitative estimate of drug-likeness (QED) is 0.159. The molecule has 2 aliphatic rings. The van der Waals surface area contributed by atoms with Crippen molar-refractivity contribution < 1.29 is 19.2 Å². The van der Waals surface area contributed by atoms with Crippen molar-refractivity contribution in [2.75, 3.05) is 4.90 Å². The highest BCUT2D eigenvalue weighted by Crippen LogP contribution is 2.46. The first-order chi connectivity index (χ1) is 19.5. The van der Waals surface area contributed by atoms with Crippen LogP contribution in [0.2, 0.25) is 0 Å². The second-order valence-corrected chi connectivity index (χ2v) is 9.98. The van der Waals surface area contributed by atoms with E-state index in [1.807, 2.05) is 72.8 Å². The molecule has 0 N–H and O–H groups in total. The summed E-state index contributed by atoms with van der Waals surface area (Å²) in [6.07, 6.45) is 0. The molecule has 0 radical (unpaired) electrons. The molecular formula is C34H22N2O4. The molecular weight excluding hydrogens is 500 g/mol. The number of rotatable bonds is 5. The van der Waals surface area contributed by atoms with E-state index in [1.165, 1.54) is 12.1 Å². The maximum absolute atomic E-state index is 13.8. The van der Waals surface area contributed by atoms with E-state index < -0.39 is 23.9 Å². The van der Waals surface area contributed by atoms with Gasteiger partial charge in [0.1, 0.15) is 6.04 Å². The number of carbonyl (C=O) groups is 4. The number of fused-ring (bicyclic) bond motifs is 2. The highest BCUT2D eigenvalue weighted by atomic mass is 16.2. The number of imide groups is 1. The minimum atomic E-state index is -0.656. The number of anilines is 1. The Hall–Kier alpha value is -5.36. The summed E-state index contributed by atoms with van der Waals surface area (Å²) in [5.41, 5.74) is 2.54. The van der Waals surface area contributed by atoms with Crippen LogP contribution in [0.25, 0.3) is 10.8 Å². The number of hydrogen-bond donors (Lipinski definition) is 0. The predicted octanol–water partition coefficient (Wildman–Crippen LogP) is 6.09. The second kappa shape index (κ2) is 9.13. The van der Waals surface area contributed by atoms with E-state index in [-0.39, 0.29) is 28.4 Å². The van der Waals surface area contributed by atoms with E-state index in [1.54, 1.807) is 41.3 Å². The summed E-state index contributed by atoms with van der Waals surface area (Å²) in [5, 5.41) is 1.91. The average Bonchev–Trinajstić information content (AvgIpc) is 3.71. The van der Waals surface area contributed by atoms with Crippen molar-refractivity contribution in [3.05, 3.63) is 149 Å². The Bertz CT molecular complexity index is 1850. The first-order valence-electron chi connectivity index (χ1n) is 13.0. The van der Waals surface area contributed by atoms with Crippen molar-refractivity contribution in [3.8, 4) is 0 Å². The third-order valence-electron chi connectivity index (χ3n) is 7.64. The average molecular weight is 523 g/mol. The number of amides is 3. The van der Waals surface area contributed by atoms with Crippen LogP contribution in [-0.4, -0.2) is 34.4 Å². The van der Waals surface area contributed by atoms with Gasteiger partial charge in [0.25, 0.3) is 17.7 Å². The molecule has 7 rings (SSSR count). The molecule has 6 nitrogen and oxygen atoms in total. The third-order valence-corrected chi connectivity index (χ3v) is 7.64. The van der Waals surface area contributed by atoms with Crippen LogP contribution >= 0.6 is 0 Å². The number of carbonyl (C=O) groups excluding carboxylic acids is 4. The van der Waals surface area contributed by atoms with Crippen LogP contribution in [0, 0.1) is 0 Å². The van der Waals surface area contributed by atoms with Crippen molar-refractivity contribution in [1.82, 2.24) is 4.90 Å². The summed E-state index contributed by atoms with van der Waals surface area (Å²) >= 11 is 0.